The quantitative estimate of drug-likeness (QED) is 0.513. The van der Waals surface area contributed by atoms with Crippen LogP contribution in [-0.2, 0) is 14.8 Å². The Morgan fingerprint density at radius 1 is 1.23 bits per heavy atom. The van der Waals surface area contributed by atoms with Crippen LogP contribution in [0.1, 0.15) is 6.92 Å². The Bertz CT molecular complexity index is 204. The van der Waals surface area contributed by atoms with E-state index in [0.29, 0.717) is 26.3 Å². The van der Waals surface area contributed by atoms with E-state index < -0.39 is 10.0 Å². The maximum Gasteiger partial charge on any atom is 0.208 e. The second kappa shape index (κ2) is 7.25. The molecule has 0 atom stereocenters. The fourth-order valence-corrected chi connectivity index (χ4v) is 1.21. The molecule has 13 heavy (non-hydrogen) atoms. The molecule has 0 unspecified atom stereocenters. The zero-order chi connectivity index (χ0) is 10.2. The first kappa shape index (κ1) is 12.8. The van der Waals surface area contributed by atoms with Crippen molar-refractivity contribution < 1.29 is 13.2 Å². The molecule has 0 radical (unpaired) electrons. The van der Waals surface area contributed by atoms with Crippen molar-refractivity contribution in [2.75, 3.05) is 39.1 Å². The SMILES string of the molecule is CCOCCNCCNS(C)(=O)=O. The Morgan fingerprint density at radius 3 is 2.46 bits per heavy atom. The minimum Gasteiger partial charge on any atom is -0.380 e. The van der Waals surface area contributed by atoms with E-state index in [1.807, 2.05) is 6.92 Å². The van der Waals surface area contributed by atoms with Crippen molar-refractivity contribution in [3.05, 3.63) is 0 Å². The lowest BCUT2D eigenvalue weighted by Crippen LogP contribution is -2.32. The summed E-state index contributed by atoms with van der Waals surface area (Å²) in [5.74, 6) is 0. The highest BCUT2D eigenvalue weighted by molar-refractivity contribution is 7.88. The minimum absolute atomic E-state index is 0.422. The lowest BCUT2D eigenvalue weighted by atomic mass is 10.6. The van der Waals surface area contributed by atoms with Crippen molar-refractivity contribution in [1.29, 1.82) is 0 Å². The van der Waals surface area contributed by atoms with Crippen molar-refractivity contribution >= 4 is 10.0 Å². The lowest BCUT2D eigenvalue weighted by Gasteiger charge is -2.04. The van der Waals surface area contributed by atoms with E-state index in [0.717, 1.165) is 12.8 Å². The minimum atomic E-state index is -3.04. The smallest absolute Gasteiger partial charge is 0.208 e. The van der Waals surface area contributed by atoms with Gasteiger partial charge in [0.2, 0.25) is 10.0 Å². The molecular weight excluding hydrogens is 192 g/mol. The van der Waals surface area contributed by atoms with Crippen LogP contribution >= 0.6 is 0 Å². The Morgan fingerprint density at radius 2 is 1.92 bits per heavy atom. The standard InChI is InChI=1S/C7H18N2O3S/c1-3-12-7-6-8-4-5-9-13(2,10)11/h8-9H,3-7H2,1-2H3. The topological polar surface area (TPSA) is 67.4 Å². The molecule has 6 heteroatoms. The first-order chi connectivity index (χ1) is 6.06. The van der Waals surface area contributed by atoms with Gasteiger partial charge in [-0.1, -0.05) is 0 Å². The lowest BCUT2D eigenvalue weighted by molar-refractivity contribution is 0.149. The molecule has 0 fully saturated rings. The van der Waals surface area contributed by atoms with Gasteiger partial charge in [-0.25, -0.2) is 13.1 Å². The summed E-state index contributed by atoms with van der Waals surface area (Å²) in [5.41, 5.74) is 0. The van der Waals surface area contributed by atoms with Gasteiger partial charge in [-0.15, -0.1) is 0 Å². The molecule has 0 aromatic rings. The molecule has 2 N–H and O–H groups in total. The number of nitrogens with one attached hydrogen (secondary N) is 2. The van der Waals surface area contributed by atoms with Gasteiger partial charge in [0.25, 0.3) is 0 Å². The van der Waals surface area contributed by atoms with Crippen LogP contribution in [-0.4, -0.2) is 47.5 Å². The molecule has 0 spiro atoms. The highest BCUT2D eigenvalue weighted by atomic mass is 32.2. The summed E-state index contributed by atoms with van der Waals surface area (Å²) < 4.78 is 28.7. The van der Waals surface area contributed by atoms with Gasteiger partial charge in [0.1, 0.15) is 0 Å². The second-order valence-electron chi connectivity index (χ2n) is 2.61. The normalized spacial score (nSPS) is 11.8. The van der Waals surface area contributed by atoms with Gasteiger partial charge in [-0.05, 0) is 6.92 Å². The Kier molecular flexibility index (Phi) is 7.16. The molecule has 0 saturated heterocycles. The maximum atomic E-state index is 10.6. The van der Waals surface area contributed by atoms with E-state index in [9.17, 15) is 8.42 Å². The van der Waals surface area contributed by atoms with Crippen LogP contribution in [0.5, 0.6) is 0 Å². The molecule has 0 aliphatic carbocycles. The van der Waals surface area contributed by atoms with Crippen LogP contribution in [0.25, 0.3) is 0 Å². The highest BCUT2D eigenvalue weighted by Crippen LogP contribution is 1.72. The number of hydrogen-bond donors (Lipinski definition) is 2. The average molecular weight is 210 g/mol. The van der Waals surface area contributed by atoms with Crippen LogP contribution in [0, 0.1) is 0 Å². The van der Waals surface area contributed by atoms with Crippen molar-refractivity contribution in [1.82, 2.24) is 10.0 Å². The highest BCUT2D eigenvalue weighted by Gasteiger charge is 1.97. The fraction of sp³-hybridized carbons (Fsp3) is 1.00. The molecule has 0 rings (SSSR count). The Hall–Kier alpha value is -0.170. The molecule has 0 bridgehead atoms. The van der Waals surface area contributed by atoms with Crippen LogP contribution < -0.4 is 10.0 Å². The predicted molar refractivity (Wildman–Crippen MR) is 52.2 cm³/mol. The van der Waals surface area contributed by atoms with Gasteiger partial charge in [-0.3, -0.25) is 0 Å². The van der Waals surface area contributed by atoms with Crippen LogP contribution in [0.15, 0.2) is 0 Å². The third kappa shape index (κ3) is 11.8. The van der Waals surface area contributed by atoms with Crippen molar-refractivity contribution in [2.24, 2.45) is 0 Å². The number of sulfonamides is 1. The fourth-order valence-electron chi connectivity index (χ4n) is 0.738. The van der Waals surface area contributed by atoms with Crippen LogP contribution in [0.4, 0.5) is 0 Å². The van der Waals surface area contributed by atoms with E-state index in [-0.39, 0.29) is 0 Å². The summed E-state index contributed by atoms with van der Waals surface area (Å²) in [6.07, 6.45) is 1.15. The zero-order valence-corrected chi connectivity index (χ0v) is 8.99. The Balaban J connectivity index is 3.09. The van der Waals surface area contributed by atoms with Gasteiger partial charge in [0, 0.05) is 26.2 Å². The van der Waals surface area contributed by atoms with Gasteiger partial charge in [0.05, 0.1) is 12.9 Å². The summed E-state index contributed by atoms with van der Waals surface area (Å²) in [4.78, 5) is 0. The van der Waals surface area contributed by atoms with Gasteiger partial charge in [-0.2, -0.15) is 0 Å². The maximum absolute atomic E-state index is 10.6. The summed E-state index contributed by atoms with van der Waals surface area (Å²) in [6, 6.07) is 0. The van der Waals surface area contributed by atoms with E-state index in [1.54, 1.807) is 0 Å². The van der Waals surface area contributed by atoms with Gasteiger partial charge < -0.3 is 10.1 Å². The zero-order valence-electron chi connectivity index (χ0n) is 8.17. The molecule has 80 valence electrons. The van der Waals surface area contributed by atoms with Crippen LogP contribution in [0.2, 0.25) is 0 Å². The van der Waals surface area contributed by atoms with E-state index in [2.05, 4.69) is 10.0 Å². The third-order valence-electron chi connectivity index (χ3n) is 1.29. The molecule has 0 saturated carbocycles. The number of rotatable bonds is 8. The van der Waals surface area contributed by atoms with Crippen molar-refractivity contribution in [2.45, 2.75) is 6.92 Å². The van der Waals surface area contributed by atoms with E-state index >= 15 is 0 Å². The van der Waals surface area contributed by atoms with Gasteiger partial charge >= 0.3 is 0 Å². The molecule has 0 aromatic carbocycles. The molecular formula is C7H18N2O3S. The summed E-state index contributed by atoms with van der Waals surface area (Å²) in [5, 5.41) is 3.04. The summed E-state index contributed by atoms with van der Waals surface area (Å²) in [7, 11) is -3.04. The monoisotopic (exact) mass is 210 g/mol. The van der Waals surface area contributed by atoms with Crippen molar-refractivity contribution in [3.63, 3.8) is 0 Å². The molecule has 0 aliphatic heterocycles. The predicted octanol–water partition coefficient (Wildman–Crippen LogP) is -0.838. The molecule has 0 amide bonds. The van der Waals surface area contributed by atoms with Crippen molar-refractivity contribution in [3.8, 4) is 0 Å². The number of ether oxygens (including phenoxy) is 1. The Labute approximate surface area is 79.9 Å². The summed E-state index contributed by atoms with van der Waals surface area (Å²) >= 11 is 0. The average Bonchev–Trinajstić information content (AvgIpc) is 2.01. The largest absolute Gasteiger partial charge is 0.380 e. The molecule has 0 aromatic heterocycles. The first-order valence-electron chi connectivity index (χ1n) is 4.29. The van der Waals surface area contributed by atoms with E-state index in [1.165, 1.54) is 0 Å². The second-order valence-corrected chi connectivity index (χ2v) is 4.45. The summed E-state index contributed by atoms with van der Waals surface area (Å²) in [6.45, 7) is 5.11. The third-order valence-corrected chi connectivity index (χ3v) is 2.02. The van der Waals surface area contributed by atoms with Gasteiger partial charge in [0.15, 0.2) is 0 Å². The first-order valence-corrected chi connectivity index (χ1v) is 6.18. The molecule has 5 nitrogen and oxygen atoms in total. The van der Waals surface area contributed by atoms with Crippen LogP contribution in [0.3, 0.4) is 0 Å². The number of hydrogen-bond acceptors (Lipinski definition) is 4. The van der Waals surface area contributed by atoms with E-state index in [4.69, 9.17) is 4.74 Å². The molecule has 0 aliphatic rings. The molecule has 0 heterocycles.